The fraction of sp³-hybridized carbons (Fsp3) is 0.435. The Kier molecular flexibility index (Phi) is 7.50. The van der Waals surface area contributed by atoms with Crippen LogP contribution in [-0.4, -0.2) is 50.3 Å². The number of nitrogens with zero attached hydrogens (tertiary/aromatic N) is 2. The Hall–Kier alpha value is -2.38. The van der Waals surface area contributed by atoms with Gasteiger partial charge in [-0.1, -0.05) is 37.3 Å². The summed E-state index contributed by atoms with van der Waals surface area (Å²) < 4.78 is 32.4. The highest BCUT2D eigenvalue weighted by molar-refractivity contribution is 7.89. The second-order valence-electron chi connectivity index (χ2n) is 7.60. The second kappa shape index (κ2) is 10.1. The molecule has 2 aromatic carbocycles. The first-order chi connectivity index (χ1) is 14.5. The molecule has 0 aliphatic carbocycles. The molecule has 2 aromatic rings. The fourth-order valence-electron chi connectivity index (χ4n) is 3.84. The molecule has 1 saturated heterocycles. The first kappa shape index (κ1) is 22.3. The predicted molar refractivity (Wildman–Crippen MR) is 117 cm³/mol. The topological polar surface area (TPSA) is 66.9 Å². The van der Waals surface area contributed by atoms with Gasteiger partial charge in [-0.05, 0) is 49.1 Å². The van der Waals surface area contributed by atoms with Crippen LogP contribution in [0.5, 0.6) is 5.75 Å². The average molecular weight is 431 g/mol. The number of piperidine rings is 1. The molecule has 3 rings (SSSR count). The van der Waals surface area contributed by atoms with Gasteiger partial charge < -0.3 is 9.64 Å². The third kappa shape index (κ3) is 5.21. The monoisotopic (exact) mass is 430 g/mol. The van der Waals surface area contributed by atoms with Crippen molar-refractivity contribution in [2.45, 2.75) is 37.6 Å². The largest absolute Gasteiger partial charge is 0.497 e. The molecule has 0 spiro atoms. The minimum Gasteiger partial charge on any atom is -0.497 e. The molecule has 0 N–H and O–H groups in total. The molecule has 30 heavy (non-hydrogen) atoms. The summed E-state index contributed by atoms with van der Waals surface area (Å²) in [7, 11) is -2.02. The number of carbonyl (C=O) groups is 1. The molecule has 1 heterocycles. The van der Waals surface area contributed by atoms with E-state index >= 15 is 0 Å². The van der Waals surface area contributed by atoms with E-state index in [2.05, 4.69) is 6.92 Å². The molecule has 0 saturated carbocycles. The average Bonchev–Trinajstić information content (AvgIpc) is 2.79. The lowest BCUT2D eigenvalue weighted by atomic mass is 9.96. The van der Waals surface area contributed by atoms with Crippen LogP contribution in [0.15, 0.2) is 59.5 Å². The van der Waals surface area contributed by atoms with Crippen LogP contribution in [0.1, 0.15) is 31.7 Å². The van der Waals surface area contributed by atoms with Crippen molar-refractivity contribution in [3.8, 4) is 5.75 Å². The van der Waals surface area contributed by atoms with Crippen LogP contribution >= 0.6 is 0 Å². The van der Waals surface area contributed by atoms with Gasteiger partial charge in [-0.15, -0.1) is 0 Å². The summed E-state index contributed by atoms with van der Waals surface area (Å²) in [6, 6.07) is 16.4. The smallest absolute Gasteiger partial charge is 0.243 e. The summed E-state index contributed by atoms with van der Waals surface area (Å²) in [5, 5.41) is 0. The van der Waals surface area contributed by atoms with Gasteiger partial charge in [0.15, 0.2) is 0 Å². The van der Waals surface area contributed by atoms with E-state index in [1.54, 1.807) is 31.4 Å². The first-order valence-electron chi connectivity index (χ1n) is 10.4. The maximum absolute atomic E-state index is 13.1. The number of amides is 1. The van der Waals surface area contributed by atoms with E-state index in [1.807, 2.05) is 35.2 Å². The molecular formula is C23H30N2O4S. The van der Waals surface area contributed by atoms with E-state index < -0.39 is 10.0 Å². The van der Waals surface area contributed by atoms with Crippen LogP contribution < -0.4 is 4.74 Å². The van der Waals surface area contributed by atoms with Crippen LogP contribution in [-0.2, 0) is 21.4 Å². The summed E-state index contributed by atoms with van der Waals surface area (Å²) in [5.74, 6) is 0.609. The molecule has 1 fully saturated rings. The number of hydrogen-bond acceptors (Lipinski definition) is 4. The maximum atomic E-state index is 13.1. The lowest BCUT2D eigenvalue weighted by Gasteiger charge is -2.33. The van der Waals surface area contributed by atoms with Crippen LogP contribution in [0, 0.1) is 5.92 Å². The van der Waals surface area contributed by atoms with Gasteiger partial charge in [-0.3, -0.25) is 4.79 Å². The number of sulfonamides is 1. The van der Waals surface area contributed by atoms with Crippen LogP contribution in [0.4, 0.5) is 0 Å². The summed E-state index contributed by atoms with van der Waals surface area (Å²) >= 11 is 0. The molecule has 1 aliphatic rings. The van der Waals surface area contributed by atoms with Gasteiger partial charge in [-0.2, -0.15) is 4.31 Å². The minimum atomic E-state index is -3.56. The predicted octanol–water partition coefficient (Wildman–Crippen LogP) is 3.53. The highest BCUT2D eigenvalue weighted by atomic mass is 32.2. The molecule has 1 aliphatic heterocycles. The molecule has 1 amide bonds. The molecule has 162 valence electrons. The highest BCUT2D eigenvalue weighted by Crippen LogP contribution is 2.26. The molecular weight excluding hydrogens is 400 g/mol. The molecule has 0 unspecified atom stereocenters. The van der Waals surface area contributed by atoms with Gasteiger partial charge in [0.05, 0.1) is 12.0 Å². The Morgan fingerprint density at radius 1 is 1.07 bits per heavy atom. The third-order valence-electron chi connectivity index (χ3n) is 5.52. The normalized spacial score (nSPS) is 15.7. The Morgan fingerprint density at radius 2 is 1.70 bits per heavy atom. The van der Waals surface area contributed by atoms with Gasteiger partial charge in [-0.25, -0.2) is 8.42 Å². The SMILES string of the molecule is CCCN(Cc1ccccc1)C(=O)C1CCN(S(=O)(=O)c2ccc(OC)cc2)CC1. The van der Waals surface area contributed by atoms with E-state index in [-0.39, 0.29) is 16.7 Å². The highest BCUT2D eigenvalue weighted by Gasteiger charge is 2.33. The Balaban J connectivity index is 1.63. The van der Waals surface area contributed by atoms with Crippen molar-refractivity contribution in [1.82, 2.24) is 9.21 Å². The quantitative estimate of drug-likeness (QED) is 0.643. The number of methoxy groups -OCH3 is 1. The second-order valence-corrected chi connectivity index (χ2v) is 9.54. The Morgan fingerprint density at radius 3 is 2.27 bits per heavy atom. The molecule has 0 aromatic heterocycles. The van der Waals surface area contributed by atoms with Crippen molar-refractivity contribution in [2.75, 3.05) is 26.7 Å². The van der Waals surface area contributed by atoms with E-state index in [1.165, 1.54) is 4.31 Å². The van der Waals surface area contributed by atoms with E-state index in [0.29, 0.717) is 44.8 Å². The maximum Gasteiger partial charge on any atom is 0.243 e. The Bertz CT molecular complexity index is 921. The molecule has 0 atom stereocenters. The lowest BCUT2D eigenvalue weighted by molar-refractivity contribution is -0.137. The molecule has 7 heteroatoms. The zero-order chi connectivity index (χ0) is 21.6. The lowest BCUT2D eigenvalue weighted by Crippen LogP contribution is -2.44. The van der Waals surface area contributed by atoms with E-state index in [4.69, 9.17) is 4.74 Å². The number of benzene rings is 2. The number of hydrogen-bond donors (Lipinski definition) is 0. The van der Waals surface area contributed by atoms with Gasteiger partial charge in [0.25, 0.3) is 0 Å². The Labute approximate surface area is 179 Å². The van der Waals surface area contributed by atoms with Crippen molar-refractivity contribution in [3.63, 3.8) is 0 Å². The summed E-state index contributed by atoms with van der Waals surface area (Å²) in [6.45, 7) is 4.08. The van der Waals surface area contributed by atoms with Crippen molar-refractivity contribution >= 4 is 15.9 Å². The van der Waals surface area contributed by atoms with Crippen molar-refractivity contribution in [2.24, 2.45) is 5.92 Å². The van der Waals surface area contributed by atoms with Crippen LogP contribution in [0.25, 0.3) is 0 Å². The minimum absolute atomic E-state index is 0.127. The first-order valence-corrected chi connectivity index (χ1v) is 11.9. The van der Waals surface area contributed by atoms with Gasteiger partial charge in [0.1, 0.15) is 5.75 Å². The van der Waals surface area contributed by atoms with Crippen molar-refractivity contribution < 1.29 is 17.9 Å². The van der Waals surface area contributed by atoms with E-state index in [9.17, 15) is 13.2 Å². The van der Waals surface area contributed by atoms with E-state index in [0.717, 1.165) is 12.0 Å². The van der Waals surface area contributed by atoms with Crippen molar-refractivity contribution in [1.29, 1.82) is 0 Å². The van der Waals surface area contributed by atoms with Gasteiger partial charge in [0.2, 0.25) is 15.9 Å². The zero-order valence-electron chi connectivity index (χ0n) is 17.7. The summed E-state index contributed by atoms with van der Waals surface area (Å²) in [6.07, 6.45) is 1.98. The van der Waals surface area contributed by atoms with Gasteiger partial charge >= 0.3 is 0 Å². The van der Waals surface area contributed by atoms with Gasteiger partial charge in [0, 0.05) is 32.1 Å². The number of ether oxygens (including phenoxy) is 1. The molecule has 0 radical (unpaired) electrons. The molecule has 6 nitrogen and oxygen atoms in total. The number of rotatable bonds is 8. The zero-order valence-corrected chi connectivity index (χ0v) is 18.5. The van der Waals surface area contributed by atoms with Crippen molar-refractivity contribution in [3.05, 3.63) is 60.2 Å². The van der Waals surface area contributed by atoms with Crippen LogP contribution in [0.3, 0.4) is 0 Å². The van der Waals surface area contributed by atoms with Crippen LogP contribution in [0.2, 0.25) is 0 Å². The number of carbonyl (C=O) groups excluding carboxylic acids is 1. The standard InChI is InChI=1S/C23H30N2O4S/c1-3-15-24(18-19-7-5-4-6-8-19)23(26)20-13-16-25(17-14-20)30(27,28)22-11-9-21(29-2)10-12-22/h4-12,20H,3,13-18H2,1-2H3. The summed E-state index contributed by atoms with van der Waals surface area (Å²) in [4.78, 5) is 15.3. The molecule has 0 bridgehead atoms. The summed E-state index contributed by atoms with van der Waals surface area (Å²) in [5.41, 5.74) is 1.11. The fourth-order valence-corrected chi connectivity index (χ4v) is 5.31. The third-order valence-corrected chi connectivity index (χ3v) is 7.43.